The molecule has 0 bridgehead atoms. The number of anilines is 1. The molecule has 2 unspecified atom stereocenters. The van der Waals surface area contributed by atoms with Crippen molar-refractivity contribution in [1.82, 2.24) is 9.97 Å². The molecule has 0 radical (unpaired) electrons. The van der Waals surface area contributed by atoms with Crippen LogP contribution in [-0.4, -0.2) is 35.3 Å². The highest BCUT2D eigenvalue weighted by Gasteiger charge is 2.25. The molecule has 2 heterocycles. The van der Waals surface area contributed by atoms with Crippen LogP contribution in [0.25, 0.3) is 0 Å². The summed E-state index contributed by atoms with van der Waals surface area (Å²) in [5.41, 5.74) is 0.961. The molecule has 2 rings (SSSR count). The van der Waals surface area contributed by atoms with Gasteiger partial charge in [-0.25, -0.2) is 9.97 Å². The third kappa shape index (κ3) is 3.37. The molecule has 2 atom stereocenters. The summed E-state index contributed by atoms with van der Waals surface area (Å²) in [5.74, 6) is 1.80. The smallest absolute Gasteiger partial charge is 0.137 e. The largest absolute Gasteiger partial charge is 0.372 e. The van der Waals surface area contributed by atoms with Crippen molar-refractivity contribution in [2.75, 3.05) is 18.0 Å². The zero-order valence-corrected chi connectivity index (χ0v) is 12.9. The van der Waals surface area contributed by atoms with E-state index in [9.17, 15) is 0 Å². The quantitative estimate of drug-likeness (QED) is 0.800. The molecule has 0 N–H and O–H groups in total. The summed E-state index contributed by atoms with van der Waals surface area (Å²) in [6.45, 7) is 9.99. The van der Waals surface area contributed by atoms with Crippen LogP contribution in [0.15, 0.2) is 0 Å². The van der Waals surface area contributed by atoms with Crippen LogP contribution in [0.5, 0.6) is 0 Å². The van der Waals surface area contributed by atoms with Crippen molar-refractivity contribution in [1.29, 1.82) is 0 Å². The van der Waals surface area contributed by atoms with Crippen LogP contribution < -0.4 is 4.90 Å². The molecule has 1 saturated heterocycles. The SMILES string of the molecule is CCCc1nc(Cl)c(C)c(N2CC(C)OC(C)C2)n1. The van der Waals surface area contributed by atoms with Gasteiger partial charge in [0.15, 0.2) is 0 Å². The number of aryl methyl sites for hydroxylation is 1. The molecule has 0 aliphatic carbocycles. The number of morpholine rings is 1. The van der Waals surface area contributed by atoms with Gasteiger partial charge in [-0.15, -0.1) is 0 Å². The molecule has 5 heteroatoms. The number of hydrogen-bond donors (Lipinski definition) is 0. The number of halogens is 1. The highest BCUT2D eigenvalue weighted by atomic mass is 35.5. The van der Waals surface area contributed by atoms with E-state index in [-0.39, 0.29) is 12.2 Å². The van der Waals surface area contributed by atoms with Gasteiger partial charge >= 0.3 is 0 Å². The lowest BCUT2D eigenvalue weighted by molar-refractivity contribution is -0.00551. The first kappa shape index (κ1) is 14.5. The topological polar surface area (TPSA) is 38.2 Å². The second kappa shape index (κ2) is 6.06. The standard InChI is InChI=1S/C14H22ClN3O/c1-5-6-12-16-13(15)11(4)14(17-12)18-7-9(2)19-10(3)8-18/h9-10H,5-8H2,1-4H3. The molecule has 1 fully saturated rings. The van der Waals surface area contributed by atoms with Gasteiger partial charge in [0.1, 0.15) is 16.8 Å². The second-order valence-corrected chi connectivity index (χ2v) is 5.65. The predicted molar refractivity (Wildman–Crippen MR) is 78.0 cm³/mol. The van der Waals surface area contributed by atoms with E-state index in [0.29, 0.717) is 5.15 Å². The van der Waals surface area contributed by atoms with Crippen molar-refractivity contribution in [2.24, 2.45) is 0 Å². The minimum absolute atomic E-state index is 0.214. The molecule has 0 amide bonds. The van der Waals surface area contributed by atoms with E-state index in [2.05, 4.69) is 30.7 Å². The molecule has 4 nitrogen and oxygen atoms in total. The first-order valence-electron chi connectivity index (χ1n) is 6.94. The van der Waals surface area contributed by atoms with Crippen molar-refractivity contribution in [2.45, 2.75) is 52.7 Å². The molecule has 1 aliphatic rings. The fourth-order valence-electron chi connectivity index (χ4n) is 2.51. The zero-order valence-electron chi connectivity index (χ0n) is 12.1. The number of hydrogen-bond acceptors (Lipinski definition) is 4. The number of aromatic nitrogens is 2. The molecule has 1 aliphatic heterocycles. The van der Waals surface area contributed by atoms with E-state index in [1.807, 2.05) is 6.92 Å². The van der Waals surface area contributed by atoms with Gasteiger partial charge in [0.05, 0.1) is 12.2 Å². The average molecular weight is 284 g/mol. The van der Waals surface area contributed by atoms with Gasteiger partial charge in [0.25, 0.3) is 0 Å². The summed E-state index contributed by atoms with van der Waals surface area (Å²) >= 11 is 6.24. The fraction of sp³-hybridized carbons (Fsp3) is 0.714. The molecule has 0 aromatic carbocycles. The minimum atomic E-state index is 0.214. The van der Waals surface area contributed by atoms with E-state index < -0.39 is 0 Å². The Morgan fingerprint density at radius 1 is 1.26 bits per heavy atom. The van der Waals surface area contributed by atoms with E-state index in [1.165, 1.54) is 0 Å². The van der Waals surface area contributed by atoms with Crippen LogP contribution in [0.1, 0.15) is 38.6 Å². The molecule has 1 aromatic heterocycles. The Labute approximate surface area is 120 Å². The number of rotatable bonds is 3. The molecular weight excluding hydrogens is 262 g/mol. The lowest BCUT2D eigenvalue weighted by Gasteiger charge is -2.36. The maximum atomic E-state index is 6.24. The van der Waals surface area contributed by atoms with Crippen LogP contribution in [-0.2, 0) is 11.2 Å². The zero-order chi connectivity index (χ0) is 14.0. The van der Waals surface area contributed by atoms with Crippen LogP contribution in [0.3, 0.4) is 0 Å². The highest BCUT2D eigenvalue weighted by molar-refractivity contribution is 6.30. The molecule has 19 heavy (non-hydrogen) atoms. The lowest BCUT2D eigenvalue weighted by Crippen LogP contribution is -2.46. The maximum Gasteiger partial charge on any atom is 0.137 e. The van der Waals surface area contributed by atoms with E-state index >= 15 is 0 Å². The Morgan fingerprint density at radius 2 is 1.89 bits per heavy atom. The molecule has 106 valence electrons. The Hall–Kier alpha value is -0.870. The van der Waals surface area contributed by atoms with Gasteiger partial charge in [-0.1, -0.05) is 18.5 Å². The predicted octanol–water partition coefficient (Wildman–Crippen LogP) is 3.00. The van der Waals surface area contributed by atoms with Crippen molar-refractivity contribution in [3.8, 4) is 0 Å². The molecule has 0 saturated carbocycles. The van der Waals surface area contributed by atoms with Crippen molar-refractivity contribution >= 4 is 17.4 Å². The van der Waals surface area contributed by atoms with Gasteiger partial charge in [0, 0.05) is 25.1 Å². The van der Waals surface area contributed by atoms with E-state index in [4.69, 9.17) is 21.3 Å². The Kier molecular flexibility index (Phi) is 4.63. The van der Waals surface area contributed by atoms with Crippen LogP contribution in [0.2, 0.25) is 5.15 Å². The maximum absolute atomic E-state index is 6.24. The third-order valence-electron chi connectivity index (χ3n) is 3.30. The first-order chi connectivity index (χ1) is 9.01. The summed E-state index contributed by atoms with van der Waals surface area (Å²) in [5, 5.41) is 0.570. The summed E-state index contributed by atoms with van der Waals surface area (Å²) in [6.07, 6.45) is 2.31. The normalized spacial score (nSPS) is 23.7. The fourth-order valence-corrected chi connectivity index (χ4v) is 2.70. The van der Waals surface area contributed by atoms with Crippen LogP contribution >= 0.6 is 11.6 Å². The van der Waals surface area contributed by atoms with E-state index in [1.54, 1.807) is 0 Å². The number of nitrogens with zero attached hydrogens (tertiary/aromatic N) is 3. The summed E-state index contributed by atoms with van der Waals surface area (Å²) in [6, 6.07) is 0. The van der Waals surface area contributed by atoms with Gasteiger partial charge in [-0.3, -0.25) is 0 Å². The van der Waals surface area contributed by atoms with Gasteiger partial charge in [-0.05, 0) is 27.2 Å². The molecule has 0 spiro atoms. The highest BCUT2D eigenvalue weighted by Crippen LogP contribution is 2.26. The average Bonchev–Trinajstić information content (AvgIpc) is 2.32. The Morgan fingerprint density at radius 3 is 2.47 bits per heavy atom. The summed E-state index contributed by atoms with van der Waals surface area (Å²) in [4.78, 5) is 11.3. The Bertz CT molecular complexity index is 443. The minimum Gasteiger partial charge on any atom is -0.372 e. The van der Waals surface area contributed by atoms with Crippen LogP contribution in [0, 0.1) is 6.92 Å². The Balaban J connectivity index is 2.31. The first-order valence-corrected chi connectivity index (χ1v) is 7.32. The van der Waals surface area contributed by atoms with Gasteiger partial charge in [0.2, 0.25) is 0 Å². The van der Waals surface area contributed by atoms with Crippen molar-refractivity contribution in [3.63, 3.8) is 0 Å². The van der Waals surface area contributed by atoms with E-state index in [0.717, 1.165) is 43.1 Å². The molecular formula is C14H22ClN3O. The third-order valence-corrected chi connectivity index (χ3v) is 3.67. The second-order valence-electron chi connectivity index (χ2n) is 5.29. The summed E-state index contributed by atoms with van der Waals surface area (Å²) < 4.78 is 5.77. The number of ether oxygens (including phenoxy) is 1. The van der Waals surface area contributed by atoms with Gasteiger partial charge in [-0.2, -0.15) is 0 Å². The van der Waals surface area contributed by atoms with Crippen molar-refractivity contribution < 1.29 is 4.74 Å². The monoisotopic (exact) mass is 283 g/mol. The lowest BCUT2D eigenvalue weighted by atomic mass is 10.2. The van der Waals surface area contributed by atoms with Crippen LogP contribution in [0.4, 0.5) is 5.82 Å². The molecule has 1 aromatic rings. The van der Waals surface area contributed by atoms with Gasteiger partial charge < -0.3 is 9.64 Å². The summed E-state index contributed by atoms with van der Waals surface area (Å²) in [7, 11) is 0. The van der Waals surface area contributed by atoms with Crippen molar-refractivity contribution in [3.05, 3.63) is 16.5 Å².